The van der Waals surface area contributed by atoms with Gasteiger partial charge in [0.25, 0.3) is 5.91 Å². The minimum absolute atomic E-state index is 0.0956. The number of hydrogen-bond acceptors (Lipinski definition) is 4. The zero-order chi connectivity index (χ0) is 16.5. The number of rotatable bonds is 4. The van der Waals surface area contributed by atoms with E-state index in [9.17, 15) is 4.79 Å². The van der Waals surface area contributed by atoms with Gasteiger partial charge in [0.1, 0.15) is 11.6 Å². The first kappa shape index (κ1) is 14.7. The second kappa shape index (κ2) is 5.99. The van der Waals surface area contributed by atoms with E-state index in [-0.39, 0.29) is 11.9 Å². The number of nitrogens with one attached hydrogen (secondary N) is 1. The lowest BCUT2D eigenvalue weighted by molar-refractivity contribution is 0.0897. The highest BCUT2D eigenvalue weighted by molar-refractivity contribution is 5.91. The zero-order valence-electron chi connectivity index (χ0n) is 13.5. The predicted octanol–water partition coefficient (Wildman–Crippen LogP) is 1.77. The van der Waals surface area contributed by atoms with Gasteiger partial charge in [-0.3, -0.25) is 9.48 Å². The number of hydrogen-bond donors (Lipinski definition) is 1. The van der Waals surface area contributed by atoms with E-state index >= 15 is 0 Å². The van der Waals surface area contributed by atoms with Crippen LogP contribution >= 0.6 is 0 Å². The van der Waals surface area contributed by atoms with Crippen molar-refractivity contribution in [1.29, 1.82) is 0 Å². The molecule has 3 aromatic heterocycles. The van der Waals surface area contributed by atoms with Crippen molar-refractivity contribution in [3.63, 3.8) is 0 Å². The Morgan fingerprint density at radius 2 is 2.38 bits per heavy atom. The molecule has 0 aromatic carbocycles. The molecule has 0 saturated heterocycles. The Morgan fingerprint density at radius 3 is 3.21 bits per heavy atom. The van der Waals surface area contributed by atoms with Crippen molar-refractivity contribution in [2.75, 3.05) is 0 Å². The first-order valence-electron chi connectivity index (χ1n) is 8.07. The second-order valence-electron chi connectivity index (χ2n) is 6.13. The Balaban J connectivity index is 1.39. The highest BCUT2D eigenvalue weighted by atomic mass is 16.4. The van der Waals surface area contributed by atoms with Crippen LogP contribution in [0.2, 0.25) is 0 Å². The number of aryl methyl sites for hydroxylation is 2. The summed E-state index contributed by atoms with van der Waals surface area (Å²) < 4.78 is 9.52. The predicted molar refractivity (Wildman–Crippen MR) is 86.6 cm³/mol. The lowest BCUT2D eigenvalue weighted by Gasteiger charge is -2.24. The van der Waals surface area contributed by atoms with Crippen molar-refractivity contribution >= 4 is 5.91 Å². The van der Waals surface area contributed by atoms with Gasteiger partial charge >= 0.3 is 0 Å². The molecule has 0 spiro atoms. The molecule has 3 aromatic rings. The molecule has 24 heavy (non-hydrogen) atoms. The van der Waals surface area contributed by atoms with Crippen LogP contribution in [-0.2, 0) is 19.5 Å². The number of amides is 1. The SMILES string of the molecule is Cc1cn2c(n1)CC[C@H](NC(=O)c1ccc(Cn3cccn3)o1)C2. The molecule has 1 aliphatic rings. The van der Waals surface area contributed by atoms with Crippen LogP contribution in [0, 0.1) is 6.92 Å². The van der Waals surface area contributed by atoms with E-state index in [4.69, 9.17) is 4.42 Å². The topological polar surface area (TPSA) is 77.9 Å². The van der Waals surface area contributed by atoms with Crippen LogP contribution in [-0.4, -0.2) is 31.3 Å². The van der Waals surface area contributed by atoms with Gasteiger partial charge < -0.3 is 14.3 Å². The third-order valence-electron chi connectivity index (χ3n) is 4.21. The lowest BCUT2D eigenvalue weighted by Crippen LogP contribution is -2.40. The van der Waals surface area contributed by atoms with Crippen molar-refractivity contribution in [3.05, 3.63) is 59.8 Å². The molecule has 1 amide bonds. The second-order valence-corrected chi connectivity index (χ2v) is 6.13. The average Bonchev–Trinajstić information content (AvgIpc) is 3.27. The summed E-state index contributed by atoms with van der Waals surface area (Å²) in [6.07, 6.45) is 7.37. The van der Waals surface area contributed by atoms with Crippen molar-refractivity contribution < 1.29 is 9.21 Å². The number of fused-ring (bicyclic) bond motifs is 1. The lowest BCUT2D eigenvalue weighted by atomic mass is 10.1. The fourth-order valence-electron chi connectivity index (χ4n) is 3.10. The Labute approximate surface area is 139 Å². The molecule has 7 heteroatoms. The van der Waals surface area contributed by atoms with Crippen molar-refractivity contribution in [1.82, 2.24) is 24.6 Å². The molecule has 0 fully saturated rings. The molecule has 4 heterocycles. The largest absolute Gasteiger partial charge is 0.454 e. The molecule has 124 valence electrons. The summed E-state index contributed by atoms with van der Waals surface area (Å²) >= 11 is 0. The summed E-state index contributed by atoms with van der Waals surface area (Å²) in [5.74, 6) is 1.97. The summed E-state index contributed by atoms with van der Waals surface area (Å²) in [5.41, 5.74) is 1.02. The average molecular weight is 325 g/mol. The Morgan fingerprint density at radius 1 is 1.46 bits per heavy atom. The third kappa shape index (κ3) is 2.97. The number of carbonyl (C=O) groups is 1. The quantitative estimate of drug-likeness (QED) is 0.793. The third-order valence-corrected chi connectivity index (χ3v) is 4.21. The van der Waals surface area contributed by atoms with Crippen LogP contribution in [0.4, 0.5) is 0 Å². The monoisotopic (exact) mass is 325 g/mol. The van der Waals surface area contributed by atoms with Crippen molar-refractivity contribution in [2.45, 2.75) is 38.9 Å². The van der Waals surface area contributed by atoms with E-state index in [0.29, 0.717) is 18.1 Å². The standard InChI is InChI=1S/C17H19N5O2/c1-12-9-21-10-13(3-6-16(21)19-12)20-17(23)15-5-4-14(24-15)11-22-8-2-7-18-22/h2,4-5,7-9,13H,3,6,10-11H2,1H3,(H,20,23)/t13-/m0/s1. The van der Waals surface area contributed by atoms with Gasteiger partial charge in [-0.2, -0.15) is 5.10 Å². The summed E-state index contributed by atoms with van der Waals surface area (Å²) in [5, 5.41) is 7.18. The Bertz CT molecular complexity index is 846. The molecule has 7 nitrogen and oxygen atoms in total. The number of aromatic nitrogens is 4. The van der Waals surface area contributed by atoms with Crippen LogP contribution in [0.15, 0.2) is 41.2 Å². The van der Waals surface area contributed by atoms with Crippen LogP contribution in [0.25, 0.3) is 0 Å². The smallest absolute Gasteiger partial charge is 0.287 e. The number of carbonyl (C=O) groups excluding carboxylic acids is 1. The van der Waals surface area contributed by atoms with Gasteiger partial charge in [0.15, 0.2) is 5.76 Å². The molecule has 0 unspecified atom stereocenters. The first-order valence-corrected chi connectivity index (χ1v) is 8.07. The van der Waals surface area contributed by atoms with Gasteiger partial charge in [0, 0.05) is 37.6 Å². The summed E-state index contributed by atoms with van der Waals surface area (Å²) in [6.45, 7) is 3.26. The van der Waals surface area contributed by atoms with Gasteiger partial charge in [-0.05, 0) is 31.5 Å². The molecule has 0 bridgehead atoms. The van der Waals surface area contributed by atoms with E-state index < -0.39 is 0 Å². The molecule has 1 aliphatic heterocycles. The molecule has 4 rings (SSSR count). The van der Waals surface area contributed by atoms with Gasteiger partial charge in [0.05, 0.1) is 12.2 Å². The van der Waals surface area contributed by atoms with Gasteiger partial charge in [-0.1, -0.05) is 0 Å². The van der Waals surface area contributed by atoms with E-state index in [1.807, 2.05) is 31.5 Å². The summed E-state index contributed by atoms with van der Waals surface area (Å²) in [6, 6.07) is 5.47. The maximum Gasteiger partial charge on any atom is 0.287 e. The molecule has 1 atom stereocenters. The highest BCUT2D eigenvalue weighted by Gasteiger charge is 2.22. The Kier molecular flexibility index (Phi) is 3.68. The molecule has 0 aliphatic carbocycles. The molecule has 0 radical (unpaired) electrons. The molecule has 0 saturated carbocycles. The molecular weight excluding hydrogens is 306 g/mol. The van der Waals surface area contributed by atoms with Crippen LogP contribution < -0.4 is 5.32 Å². The zero-order valence-corrected chi connectivity index (χ0v) is 13.5. The first-order chi connectivity index (χ1) is 11.7. The van der Waals surface area contributed by atoms with Crippen molar-refractivity contribution in [3.8, 4) is 0 Å². The number of imidazole rings is 1. The highest BCUT2D eigenvalue weighted by Crippen LogP contribution is 2.16. The molecule has 1 N–H and O–H groups in total. The maximum absolute atomic E-state index is 12.4. The summed E-state index contributed by atoms with van der Waals surface area (Å²) in [7, 11) is 0. The minimum atomic E-state index is -0.174. The van der Waals surface area contributed by atoms with Crippen LogP contribution in [0.1, 0.15) is 34.3 Å². The Hall–Kier alpha value is -2.83. The van der Waals surface area contributed by atoms with Crippen LogP contribution in [0.5, 0.6) is 0 Å². The van der Waals surface area contributed by atoms with Gasteiger partial charge in [0.2, 0.25) is 0 Å². The molecular formula is C17H19N5O2. The van der Waals surface area contributed by atoms with E-state index in [2.05, 4.69) is 20.0 Å². The minimum Gasteiger partial charge on any atom is -0.454 e. The number of nitrogens with zero attached hydrogens (tertiary/aromatic N) is 4. The van der Waals surface area contributed by atoms with E-state index in [1.165, 1.54) is 0 Å². The summed E-state index contributed by atoms with van der Waals surface area (Å²) in [4.78, 5) is 16.9. The van der Waals surface area contributed by atoms with E-state index in [0.717, 1.165) is 30.9 Å². The fraction of sp³-hybridized carbons (Fsp3) is 0.353. The normalized spacial score (nSPS) is 16.8. The van der Waals surface area contributed by atoms with E-state index in [1.54, 1.807) is 16.9 Å². The fourth-order valence-corrected chi connectivity index (χ4v) is 3.10. The van der Waals surface area contributed by atoms with Crippen molar-refractivity contribution in [2.24, 2.45) is 0 Å². The van der Waals surface area contributed by atoms with Gasteiger partial charge in [-0.25, -0.2) is 4.98 Å². The van der Waals surface area contributed by atoms with Crippen LogP contribution in [0.3, 0.4) is 0 Å². The maximum atomic E-state index is 12.4. The van der Waals surface area contributed by atoms with Gasteiger partial charge in [-0.15, -0.1) is 0 Å². The number of furan rings is 1.